The zero-order valence-corrected chi connectivity index (χ0v) is 17.1. The number of halogens is 1. The third kappa shape index (κ3) is 6.49. The van der Waals surface area contributed by atoms with Gasteiger partial charge in [0.15, 0.2) is 12.3 Å². The average molecular weight is 390 g/mol. The van der Waals surface area contributed by atoms with Crippen LogP contribution < -0.4 is 10.2 Å². The molecule has 2 aromatic rings. The molecule has 0 aliphatic rings. The molecule has 6 nitrogen and oxygen atoms in total. The minimum atomic E-state index is -0.515. The molecule has 1 aromatic heterocycles. The number of likely N-dealkylation sites (N-methyl/N-ethyl adjacent to an activating group) is 1. The van der Waals surface area contributed by atoms with Gasteiger partial charge in [-0.2, -0.15) is 0 Å². The molecule has 0 bridgehead atoms. The van der Waals surface area contributed by atoms with Crippen molar-refractivity contribution in [3.05, 3.63) is 53.7 Å². The minimum Gasteiger partial charge on any atom is -0.460 e. The second kappa shape index (κ2) is 9.01. The zero-order valence-electron chi connectivity index (χ0n) is 17.1. The second-order valence-electron chi connectivity index (χ2n) is 8.03. The number of hydrogen-bond acceptors (Lipinski definition) is 3. The molecule has 0 saturated heterocycles. The smallest absolute Gasteiger partial charge is 0.278 e. The Kier molecular flexibility index (Phi) is 6.96. The normalized spacial score (nSPS) is 12.5. The van der Waals surface area contributed by atoms with Gasteiger partial charge in [-0.05, 0) is 64.1 Å². The van der Waals surface area contributed by atoms with Crippen molar-refractivity contribution in [2.24, 2.45) is 0 Å². The van der Waals surface area contributed by atoms with Gasteiger partial charge in [0.25, 0.3) is 5.91 Å². The zero-order chi connectivity index (χ0) is 20.9. The molecule has 0 saturated carbocycles. The number of anilines is 1. The van der Waals surface area contributed by atoms with Crippen molar-refractivity contribution < 1.29 is 23.3 Å². The van der Waals surface area contributed by atoms with Crippen LogP contribution in [-0.4, -0.2) is 42.4 Å². The van der Waals surface area contributed by atoms with E-state index in [1.807, 2.05) is 46.9 Å². The van der Waals surface area contributed by atoms with Crippen LogP contribution in [0.25, 0.3) is 0 Å². The van der Waals surface area contributed by atoms with Gasteiger partial charge < -0.3 is 19.5 Å². The number of nitrogens with one attached hydrogen (secondary N) is 2. The van der Waals surface area contributed by atoms with Crippen LogP contribution in [0.4, 0.5) is 10.1 Å². The Labute approximate surface area is 165 Å². The lowest BCUT2D eigenvalue weighted by Crippen LogP contribution is -3.09. The van der Waals surface area contributed by atoms with Crippen LogP contribution in [0.1, 0.15) is 32.3 Å². The number of rotatable bonds is 7. The van der Waals surface area contributed by atoms with Crippen molar-refractivity contribution in [3.8, 4) is 0 Å². The molecule has 0 spiro atoms. The van der Waals surface area contributed by atoms with Crippen LogP contribution in [0.5, 0.6) is 0 Å². The van der Waals surface area contributed by atoms with E-state index >= 15 is 0 Å². The molecule has 0 aliphatic heterocycles. The maximum absolute atomic E-state index is 13.0. The number of aryl methyl sites for hydroxylation is 1. The van der Waals surface area contributed by atoms with Crippen molar-refractivity contribution in [2.75, 3.05) is 25.5 Å². The summed E-state index contributed by atoms with van der Waals surface area (Å²) < 4.78 is 18.6. The van der Waals surface area contributed by atoms with Gasteiger partial charge in [0, 0.05) is 11.2 Å². The first-order valence-corrected chi connectivity index (χ1v) is 9.27. The molecule has 1 atom stereocenters. The van der Waals surface area contributed by atoms with Gasteiger partial charge in [0.2, 0.25) is 5.91 Å². The summed E-state index contributed by atoms with van der Waals surface area (Å²) in [7, 11) is 1.91. The standard InChI is InChI=1S/C21H28FN3O3/c1-15-6-11-18(28-15)12-24(5)14-20(27)25(21(2,3)4)13-19(26)23-17-9-7-16(22)8-10-17/h6-11H,12-14H2,1-5H3,(H,23,26)/p+1. The number of nitrogens with zero attached hydrogens (tertiary/aromatic N) is 1. The van der Waals surface area contributed by atoms with E-state index in [1.54, 1.807) is 4.90 Å². The molecule has 1 unspecified atom stereocenters. The highest BCUT2D eigenvalue weighted by Crippen LogP contribution is 2.14. The van der Waals surface area contributed by atoms with E-state index in [9.17, 15) is 14.0 Å². The summed E-state index contributed by atoms with van der Waals surface area (Å²) in [6, 6.07) is 9.32. The van der Waals surface area contributed by atoms with Crippen LogP contribution in [-0.2, 0) is 16.1 Å². The number of quaternary nitrogens is 1. The molecular formula is C21H29FN3O3+. The largest absolute Gasteiger partial charge is 0.460 e. The molecule has 2 amide bonds. The summed E-state index contributed by atoms with van der Waals surface area (Å²) in [5.74, 6) is 0.834. The predicted molar refractivity (Wildman–Crippen MR) is 105 cm³/mol. The SMILES string of the molecule is Cc1ccc(C[NH+](C)CC(=O)N(CC(=O)Nc2ccc(F)cc2)C(C)(C)C)o1. The van der Waals surface area contributed by atoms with Gasteiger partial charge in [-0.15, -0.1) is 0 Å². The van der Waals surface area contributed by atoms with Crippen molar-refractivity contribution in [2.45, 2.75) is 39.8 Å². The summed E-state index contributed by atoms with van der Waals surface area (Å²) in [5.41, 5.74) is -0.0256. The van der Waals surface area contributed by atoms with Crippen molar-refractivity contribution in [3.63, 3.8) is 0 Å². The first kappa shape index (κ1) is 21.6. The third-order valence-corrected chi connectivity index (χ3v) is 4.27. The van der Waals surface area contributed by atoms with Crippen LogP contribution in [0, 0.1) is 12.7 Å². The molecule has 28 heavy (non-hydrogen) atoms. The summed E-state index contributed by atoms with van der Waals surface area (Å²) in [4.78, 5) is 27.8. The van der Waals surface area contributed by atoms with Gasteiger partial charge >= 0.3 is 0 Å². The Hall–Kier alpha value is -2.67. The van der Waals surface area contributed by atoms with E-state index in [0.29, 0.717) is 12.2 Å². The molecule has 7 heteroatoms. The molecule has 1 aromatic carbocycles. The summed E-state index contributed by atoms with van der Waals surface area (Å²) in [6.45, 7) is 8.29. The Balaban J connectivity index is 1.98. The number of hydrogen-bond donors (Lipinski definition) is 2. The maximum Gasteiger partial charge on any atom is 0.278 e. The fourth-order valence-corrected chi connectivity index (χ4v) is 2.87. The van der Waals surface area contributed by atoms with Crippen LogP contribution in [0.3, 0.4) is 0 Å². The lowest BCUT2D eigenvalue weighted by atomic mass is 10.1. The molecule has 0 fully saturated rings. The van der Waals surface area contributed by atoms with Gasteiger partial charge in [0.05, 0.1) is 7.05 Å². The average Bonchev–Trinajstić information content (AvgIpc) is 2.98. The predicted octanol–water partition coefficient (Wildman–Crippen LogP) is 2.01. The first-order chi connectivity index (χ1) is 13.0. The lowest BCUT2D eigenvalue weighted by molar-refractivity contribution is -0.886. The highest BCUT2D eigenvalue weighted by Gasteiger charge is 2.30. The van der Waals surface area contributed by atoms with Crippen molar-refractivity contribution in [1.82, 2.24) is 4.90 Å². The monoisotopic (exact) mass is 390 g/mol. The molecule has 152 valence electrons. The van der Waals surface area contributed by atoms with Crippen LogP contribution in [0.2, 0.25) is 0 Å². The Morgan fingerprint density at radius 1 is 1.14 bits per heavy atom. The third-order valence-electron chi connectivity index (χ3n) is 4.27. The number of benzene rings is 1. The van der Waals surface area contributed by atoms with E-state index in [2.05, 4.69) is 5.32 Å². The summed E-state index contributed by atoms with van der Waals surface area (Å²) in [5, 5.41) is 2.70. The minimum absolute atomic E-state index is 0.0765. The number of carbonyl (C=O) groups excluding carboxylic acids is 2. The topological polar surface area (TPSA) is 67.0 Å². The van der Waals surface area contributed by atoms with Crippen molar-refractivity contribution >= 4 is 17.5 Å². The van der Waals surface area contributed by atoms with Gasteiger partial charge in [-0.3, -0.25) is 9.59 Å². The quantitative estimate of drug-likeness (QED) is 0.760. The number of amides is 2. The Morgan fingerprint density at radius 2 is 1.79 bits per heavy atom. The fraction of sp³-hybridized carbons (Fsp3) is 0.429. The molecule has 2 rings (SSSR count). The van der Waals surface area contributed by atoms with Crippen molar-refractivity contribution in [1.29, 1.82) is 0 Å². The van der Waals surface area contributed by atoms with Crippen LogP contribution in [0.15, 0.2) is 40.8 Å². The number of furan rings is 1. The maximum atomic E-state index is 13.0. The van der Waals surface area contributed by atoms with Gasteiger partial charge in [-0.1, -0.05) is 0 Å². The Bertz CT molecular complexity index is 809. The fourth-order valence-electron chi connectivity index (χ4n) is 2.87. The Morgan fingerprint density at radius 3 is 2.32 bits per heavy atom. The lowest BCUT2D eigenvalue weighted by Gasteiger charge is -2.35. The molecule has 0 radical (unpaired) electrons. The number of carbonyl (C=O) groups is 2. The van der Waals surface area contributed by atoms with Gasteiger partial charge in [-0.25, -0.2) is 4.39 Å². The highest BCUT2D eigenvalue weighted by atomic mass is 19.1. The highest BCUT2D eigenvalue weighted by molar-refractivity contribution is 5.94. The summed E-state index contributed by atoms with van der Waals surface area (Å²) >= 11 is 0. The molecule has 1 heterocycles. The van der Waals surface area contributed by atoms with E-state index in [-0.39, 0.29) is 30.7 Å². The molecule has 0 aliphatic carbocycles. The van der Waals surface area contributed by atoms with E-state index < -0.39 is 5.54 Å². The molecule has 2 N–H and O–H groups in total. The van der Waals surface area contributed by atoms with E-state index in [0.717, 1.165) is 16.4 Å². The first-order valence-electron chi connectivity index (χ1n) is 9.27. The summed E-state index contributed by atoms with van der Waals surface area (Å²) in [6.07, 6.45) is 0. The second-order valence-corrected chi connectivity index (χ2v) is 8.03. The molecular weight excluding hydrogens is 361 g/mol. The van der Waals surface area contributed by atoms with Crippen LogP contribution >= 0.6 is 0 Å². The van der Waals surface area contributed by atoms with Gasteiger partial charge in [0.1, 0.15) is 24.7 Å². The van der Waals surface area contributed by atoms with E-state index in [4.69, 9.17) is 4.42 Å². The van der Waals surface area contributed by atoms with E-state index in [1.165, 1.54) is 24.3 Å².